The van der Waals surface area contributed by atoms with Crippen molar-refractivity contribution < 1.29 is 14.7 Å². The number of carbonyl (C=O) groups excluding carboxylic acids is 1. The van der Waals surface area contributed by atoms with Gasteiger partial charge in [0.15, 0.2) is 0 Å². The number of piperidine rings is 2. The molecule has 5 nitrogen and oxygen atoms in total. The number of nitrogens with zero attached hydrogens (tertiary/aromatic N) is 2. The van der Waals surface area contributed by atoms with Gasteiger partial charge in [-0.05, 0) is 57.5 Å². The van der Waals surface area contributed by atoms with Gasteiger partial charge in [0.25, 0.3) is 0 Å². The first kappa shape index (κ1) is 15.3. The Balaban J connectivity index is 1.66. The molecule has 0 aromatic carbocycles. The molecule has 0 spiro atoms. The Bertz CT molecular complexity index is 332. The molecule has 2 fully saturated rings. The highest BCUT2D eigenvalue weighted by Crippen LogP contribution is 2.22. The summed E-state index contributed by atoms with van der Waals surface area (Å²) in [5.74, 6) is 0.0915. The highest BCUT2D eigenvalue weighted by atomic mass is 16.4. The summed E-state index contributed by atoms with van der Waals surface area (Å²) in [6.07, 6.45) is 6.65. The molecule has 0 radical (unpaired) electrons. The quantitative estimate of drug-likeness (QED) is 0.831. The number of likely N-dealkylation sites (tertiary alicyclic amines) is 2. The average molecular weight is 282 g/mol. The van der Waals surface area contributed by atoms with E-state index in [2.05, 4.69) is 4.90 Å². The van der Waals surface area contributed by atoms with Crippen molar-refractivity contribution in [3.05, 3.63) is 0 Å². The fraction of sp³-hybridized carbons (Fsp3) is 0.867. The molecule has 0 saturated carbocycles. The number of hydrogen-bond acceptors (Lipinski definition) is 3. The summed E-state index contributed by atoms with van der Waals surface area (Å²) < 4.78 is 0. The van der Waals surface area contributed by atoms with Crippen molar-refractivity contribution in [2.24, 2.45) is 5.92 Å². The molecule has 114 valence electrons. The van der Waals surface area contributed by atoms with Crippen LogP contribution in [-0.2, 0) is 9.59 Å². The summed E-state index contributed by atoms with van der Waals surface area (Å²) in [5.41, 5.74) is 0. The monoisotopic (exact) mass is 282 g/mol. The predicted molar refractivity (Wildman–Crippen MR) is 76.5 cm³/mol. The summed E-state index contributed by atoms with van der Waals surface area (Å²) in [6.45, 7) is 4.27. The van der Waals surface area contributed by atoms with E-state index in [1.165, 1.54) is 6.42 Å². The molecular formula is C15H26N2O3. The van der Waals surface area contributed by atoms with E-state index in [1.807, 2.05) is 4.90 Å². The summed E-state index contributed by atoms with van der Waals surface area (Å²) in [4.78, 5) is 27.0. The molecule has 2 heterocycles. The number of amides is 1. The van der Waals surface area contributed by atoms with Crippen LogP contribution in [0.2, 0.25) is 0 Å². The molecule has 0 atom stereocenters. The Hall–Kier alpha value is -1.10. The zero-order valence-electron chi connectivity index (χ0n) is 12.2. The lowest BCUT2D eigenvalue weighted by molar-refractivity contribution is -0.137. The topological polar surface area (TPSA) is 60.9 Å². The molecule has 20 heavy (non-hydrogen) atoms. The van der Waals surface area contributed by atoms with Gasteiger partial charge >= 0.3 is 5.97 Å². The average Bonchev–Trinajstić information content (AvgIpc) is 2.47. The maximum absolute atomic E-state index is 12.2. The van der Waals surface area contributed by atoms with Crippen molar-refractivity contribution in [1.29, 1.82) is 0 Å². The third-order valence-electron chi connectivity index (χ3n) is 4.54. The minimum atomic E-state index is -0.701. The molecule has 1 N–H and O–H groups in total. The first-order valence-corrected chi connectivity index (χ1v) is 7.87. The SMILES string of the molecule is O=C(O)CCC1CCN(CC(=O)N2CCCCC2)CC1. The maximum Gasteiger partial charge on any atom is 0.303 e. The van der Waals surface area contributed by atoms with E-state index in [1.54, 1.807) is 0 Å². The van der Waals surface area contributed by atoms with Crippen LogP contribution in [0.4, 0.5) is 0 Å². The second kappa shape index (κ2) is 7.62. The largest absolute Gasteiger partial charge is 0.481 e. The second-order valence-electron chi connectivity index (χ2n) is 6.09. The van der Waals surface area contributed by atoms with Gasteiger partial charge in [-0.1, -0.05) is 0 Å². The molecule has 0 aliphatic carbocycles. The van der Waals surface area contributed by atoms with Gasteiger partial charge in [0.1, 0.15) is 0 Å². The molecule has 5 heteroatoms. The molecule has 0 aromatic rings. The number of hydrogen-bond donors (Lipinski definition) is 1. The van der Waals surface area contributed by atoms with Gasteiger partial charge in [-0.25, -0.2) is 0 Å². The molecular weight excluding hydrogens is 256 g/mol. The van der Waals surface area contributed by atoms with E-state index in [0.29, 0.717) is 12.5 Å². The summed E-state index contributed by atoms with van der Waals surface area (Å²) in [5, 5.41) is 8.70. The van der Waals surface area contributed by atoms with Crippen LogP contribution in [0.25, 0.3) is 0 Å². The predicted octanol–water partition coefficient (Wildman–Crippen LogP) is 1.58. The molecule has 2 rings (SSSR count). The van der Waals surface area contributed by atoms with Crippen molar-refractivity contribution in [1.82, 2.24) is 9.80 Å². The first-order valence-electron chi connectivity index (χ1n) is 7.87. The van der Waals surface area contributed by atoms with E-state index in [4.69, 9.17) is 5.11 Å². The molecule has 0 unspecified atom stereocenters. The van der Waals surface area contributed by atoms with Gasteiger partial charge in [0.2, 0.25) is 5.91 Å². The molecule has 0 bridgehead atoms. The van der Waals surface area contributed by atoms with Gasteiger partial charge in [0.05, 0.1) is 6.54 Å². The van der Waals surface area contributed by atoms with Crippen LogP contribution in [0.5, 0.6) is 0 Å². The molecule has 0 aromatic heterocycles. The van der Waals surface area contributed by atoms with E-state index in [-0.39, 0.29) is 12.3 Å². The van der Waals surface area contributed by atoms with Crippen LogP contribution < -0.4 is 0 Å². The van der Waals surface area contributed by atoms with Crippen molar-refractivity contribution in [3.63, 3.8) is 0 Å². The lowest BCUT2D eigenvalue weighted by atomic mass is 9.92. The number of carbonyl (C=O) groups is 2. The van der Waals surface area contributed by atoms with Crippen LogP contribution in [0.3, 0.4) is 0 Å². The minimum absolute atomic E-state index is 0.272. The van der Waals surface area contributed by atoms with Gasteiger partial charge < -0.3 is 10.0 Å². The van der Waals surface area contributed by atoms with E-state index >= 15 is 0 Å². The van der Waals surface area contributed by atoms with Crippen molar-refractivity contribution in [3.8, 4) is 0 Å². The van der Waals surface area contributed by atoms with Gasteiger partial charge in [-0.2, -0.15) is 0 Å². The van der Waals surface area contributed by atoms with Crippen LogP contribution in [0.15, 0.2) is 0 Å². The third kappa shape index (κ3) is 4.78. The molecule has 2 saturated heterocycles. The Morgan fingerprint density at radius 1 is 1.00 bits per heavy atom. The molecule has 2 aliphatic rings. The Morgan fingerprint density at radius 2 is 1.65 bits per heavy atom. The van der Waals surface area contributed by atoms with E-state index in [0.717, 1.165) is 58.3 Å². The first-order chi connectivity index (χ1) is 9.65. The lowest BCUT2D eigenvalue weighted by Crippen LogP contribution is -2.45. The zero-order chi connectivity index (χ0) is 14.4. The van der Waals surface area contributed by atoms with Crippen LogP contribution in [0, 0.1) is 5.92 Å². The number of aliphatic carboxylic acids is 1. The normalized spacial score (nSPS) is 21.9. The standard InChI is InChI=1S/C15H26N2O3/c18-14(17-8-2-1-3-9-17)12-16-10-6-13(7-11-16)4-5-15(19)20/h13H,1-12H2,(H,19,20). The Kier molecular flexibility index (Phi) is 5.83. The van der Waals surface area contributed by atoms with Crippen molar-refractivity contribution in [2.75, 3.05) is 32.7 Å². The van der Waals surface area contributed by atoms with Crippen molar-refractivity contribution >= 4 is 11.9 Å². The van der Waals surface area contributed by atoms with E-state index in [9.17, 15) is 9.59 Å². The number of carboxylic acids is 1. The maximum atomic E-state index is 12.2. The van der Waals surface area contributed by atoms with Gasteiger partial charge in [-0.3, -0.25) is 14.5 Å². The van der Waals surface area contributed by atoms with E-state index < -0.39 is 5.97 Å². The number of rotatable bonds is 5. The van der Waals surface area contributed by atoms with Gasteiger partial charge in [0, 0.05) is 19.5 Å². The Morgan fingerprint density at radius 3 is 2.25 bits per heavy atom. The summed E-state index contributed by atoms with van der Waals surface area (Å²) in [6, 6.07) is 0. The van der Waals surface area contributed by atoms with Crippen molar-refractivity contribution in [2.45, 2.75) is 44.9 Å². The molecule has 1 amide bonds. The van der Waals surface area contributed by atoms with Crippen LogP contribution in [-0.4, -0.2) is 59.5 Å². The molecule has 2 aliphatic heterocycles. The fourth-order valence-corrected chi connectivity index (χ4v) is 3.20. The summed E-state index contributed by atoms with van der Waals surface area (Å²) >= 11 is 0. The third-order valence-corrected chi connectivity index (χ3v) is 4.54. The Labute approximate surface area is 120 Å². The van der Waals surface area contributed by atoms with Crippen LogP contribution >= 0.6 is 0 Å². The smallest absolute Gasteiger partial charge is 0.303 e. The highest BCUT2D eigenvalue weighted by Gasteiger charge is 2.23. The minimum Gasteiger partial charge on any atom is -0.481 e. The highest BCUT2D eigenvalue weighted by molar-refractivity contribution is 5.78. The van der Waals surface area contributed by atoms with Gasteiger partial charge in [-0.15, -0.1) is 0 Å². The second-order valence-corrected chi connectivity index (χ2v) is 6.09. The fourth-order valence-electron chi connectivity index (χ4n) is 3.20. The number of carboxylic acid groups (broad SMARTS) is 1. The summed E-state index contributed by atoms with van der Waals surface area (Å²) in [7, 11) is 0. The zero-order valence-corrected chi connectivity index (χ0v) is 12.2. The van der Waals surface area contributed by atoms with Crippen LogP contribution in [0.1, 0.15) is 44.9 Å². The lowest BCUT2D eigenvalue weighted by Gasteiger charge is -2.34.